The Morgan fingerprint density at radius 2 is 1.85 bits per heavy atom. The normalized spacial score (nSPS) is 10.9. The van der Waals surface area contributed by atoms with Crippen LogP contribution >= 0.6 is 0 Å². The maximum absolute atomic E-state index is 12.4. The van der Waals surface area contributed by atoms with Crippen LogP contribution in [-0.4, -0.2) is 24.6 Å². The number of carbonyl (C=O) groups is 1. The van der Waals surface area contributed by atoms with Crippen LogP contribution in [0.3, 0.4) is 0 Å². The fourth-order valence-corrected chi connectivity index (χ4v) is 2.71. The number of hydrogen-bond acceptors (Lipinski definition) is 5. The van der Waals surface area contributed by atoms with Crippen LogP contribution in [0.15, 0.2) is 51.0 Å². The maximum Gasteiger partial charge on any atom is 0.330 e. The highest BCUT2D eigenvalue weighted by atomic mass is 16.2. The molecule has 3 aromatic rings. The molecular weight excluding hydrogens is 350 g/mol. The van der Waals surface area contributed by atoms with Crippen molar-refractivity contribution in [2.45, 2.75) is 19.5 Å². The van der Waals surface area contributed by atoms with Crippen LogP contribution in [0.2, 0.25) is 0 Å². The molecule has 1 aromatic carbocycles. The number of hydrogen-bond donors (Lipinski definition) is 1. The molecule has 1 N–H and O–H groups in total. The first-order valence-electron chi connectivity index (χ1n) is 8.35. The van der Waals surface area contributed by atoms with E-state index in [0.717, 1.165) is 4.57 Å². The number of fused-ring (bicyclic) bond motifs is 1. The third-order valence-electron chi connectivity index (χ3n) is 4.40. The van der Waals surface area contributed by atoms with Gasteiger partial charge in [0.25, 0.3) is 11.1 Å². The Bertz CT molecular complexity index is 1190. The lowest BCUT2D eigenvalue weighted by molar-refractivity contribution is -0.121. The van der Waals surface area contributed by atoms with Gasteiger partial charge in [-0.15, -0.1) is 0 Å². The number of aromatic nitrogens is 4. The number of benzene rings is 1. The predicted molar refractivity (Wildman–Crippen MR) is 99.4 cm³/mol. The maximum atomic E-state index is 12.4. The molecule has 2 heterocycles. The minimum atomic E-state index is -0.458. The number of nitrogens with zero attached hydrogens (tertiary/aromatic N) is 4. The number of para-hydroxylation sites is 1. The van der Waals surface area contributed by atoms with Crippen molar-refractivity contribution in [2.75, 3.05) is 0 Å². The average Bonchev–Trinajstić information content (AvgIpc) is 2.67. The Morgan fingerprint density at radius 1 is 1.11 bits per heavy atom. The van der Waals surface area contributed by atoms with Gasteiger partial charge in [0.05, 0.1) is 23.8 Å². The molecular formula is C18H19N5O4. The molecule has 0 aliphatic carbocycles. The van der Waals surface area contributed by atoms with Gasteiger partial charge in [-0.25, -0.2) is 9.78 Å². The Hall–Kier alpha value is -3.49. The summed E-state index contributed by atoms with van der Waals surface area (Å²) in [7, 11) is 2.92. The lowest BCUT2D eigenvalue weighted by Crippen LogP contribution is -2.39. The third-order valence-corrected chi connectivity index (χ3v) is 4.40. The molecule has 9 nitrogen and oxygen atoms in total. The lowest BCUT2D eigenvalue weighted by Gasteiger charge is -2.11. The topological polar surface area (TPSA) is 108 Å². The van der Waals surface area contributed by atoms with Crippen molar-refractivity contribution in [1.82, 2.24) is 24.0 Å². The number of aryl methyl sites for hydroxylation is 1. The molecule has 0 bridgehead atoms. The van der Waals surface area contributed by atoms with E-state index >= 15 is 0 Å². The van der Waals surface area contributed by atoms with Gasteiger partial charge in [0.1, 0.15) is 0 Å². The summed E-state index contributed by atoms with van der Waals surface area (Å²) in [5, 5.41) is 3.15. The fraction of sp³-hybridized carbons (Fsp3) is 0.278. The van der Waals surface area contributed by atoms with E-state index in [0.29, 0.717) is 16.6 Å². The Kier molecular flexibility index (Phi) is 5.02. The molecule has 0 radical (unpaired) electrons. The number of nitrogens with one attached hydrogen (secondary N) is 1. The van der Waals surface area contributed by atoms with E-state index < -0.39 is 11.2 Å². The van der Waals surface area contributed by atoms with Gasteiger partial charge in [0.15, 0.2) is 0 Å². The average molecular weight is 369 g/mol. The van der Waals surface area contributed by atoms with E-state index in [4.69, 9.17) is 0 Å². The molecule has 0 saturated carbocycles. The van der Waals surface area contributed by atoms with E-state index in [1.54, 1.807) is 24.3 Å². The van der Waals surface area contributed by atoms with Gasteiger partial charge in [0.2, 0.25) is 5.91 Å². The van der Waals surface area contributed by atoms with Gasteiger partial charge in [-0.05, 0) is 12.1 Å². The second-order valence-electron chi connectivity index (χ2n) is 6.16. The second kappa shape index (κ2) is 7.40. The first-order valence-corrected chi connectivity index (χ1v) is 8.35. The van der Waals surface area contributed by atoms with Crippen molar-refractivity contribution in [2.24, 2.45) is 14.1 Å². The molecule has 27 heavy (non-hydrogen) atoms. The van der Waals surface area contributed by atoms with Crippen LogP contribution in [0.4, 0.5) is 0 Å². The molecule has 140 valence electrons. The molecule has 0 aliphatic rings. The minimum absolute atomic E-state index is 0.0471. The zero-order valence-electron chi connectivity index (χ0n) is 15.0. The SMILES string of the molecule is Cn1c(CNC(=O)CCn2cnc3ccccc3c2=O)cc(=O)n(C)c1=O. The van der Waals surface area contributed by atoms with Gasteiger partial charge >= 0.3 is 5.69 Å². The molecule has 0 unspecified atom stereocenters. The van der Waals surface area contributed by atoms with Crippen molar-refractivity contribution < 1.29 is 4.79 Å². The van der Waals surface area contributed by atoms with Crippen molar-refractivity contribution >= 4 is 16.8 Å². The van der Waals surface area contributed by atoms with Gasteiger partial charge in [-0.3, -0.25) is 28.1 Å². The summed E-state index contributed by atoms with van der Waals surface area (Å²) >= 11 is 0. The minimum Gasteiger partial charge on any atom is -0.350 e. The Labute approximate surface area is 153 Å². The molecule has 0 aliphatic heterocycles. The van der Waals surface area contributed by atoms with E-state index in [-0.39, 0.29) is 31.0 Å². The summed E-state index contributed by atoms with van der Waals surface area (Å²) in [6.07, 6.45) is 1.49. The first kappa shape index (κ1) is 18.3. The summed E-state index contributed by atoms with van der Waals surface area (Å²) in [5.41, 5.74) is -0.0882. The fourth-order valence-electron chi connectivity index (χ4n) is 2.71. The summed E-state index contributed by atoms with van der Waals surface area (Å²) in [6.45, 7) is 0.226. The molecule has 1 amide bonds. The summed E-state index contributed by atoms with van der Waals surface area (Å²) in [6, 6.07) is 8.31. The predicted octanol–water partition coefficient (Wildman–Crippen LogP) is -0.500. The molecule has 0 saturated heterocycles. The number of rotatable bonds is 5. The zero-order chi connectivity index (χ0) is 19.6. The van der Waals surface area contributed by atoms with Crippen LogP contribution in [-0.2, 0) is 32.0 Å². The van der Waals surface area contributed by atoms with E-state index in [1.165, 1.54) is 35.6 Å². The van der Waals surface area contributed by atoms with E-state index in [9.17, 15) is 19.2 Å². The smallest absolute Gasteiger partial charge is 0.330 e. The number of amides is 1. The van der Waals surface area contributed by atoms with Crippen molar-refractivity contribution in [1.29, 1.82) is 0 Å². The van der Waals surface area contributed by atoms with Gasteiger partial charge in [-0.1, -0.05) is 12.1 Å². The Balaban J connectivity index is 1.66. The molecule has 3 rings (SSSR count). The quantitative estimate of drug-likeness (QED) is 0.652. The number of carbonyl (C=O) groups excluding carboxylic acids is 1. The summed E-state index contributed by atoms with van der Waals surface area (Å²) < 4.78 is 3.68. The van der Waals surface area contributed by atoms with Gasteiger partial charge < -0.3 is 5.32 Å². The summed E-state index contributed by atoms with van der Waals surface area (Å²) in [4.78, 5) is 52.3. The van der Waals surface area contributed by atoms with Gasteiger partial charge in [-0.2, -0.15) is 0 Å². The zero-order valence-corrected chi connectivity index (χ0v) is 15.0. The van der Waals surface area contributed by atoms with Crippen LogP contribution in [0.1, 0.15) is 12.1 Å². The lowest BCUT2D eigenvalue weighted by atomic mass is 10.2. The van der Waals surface area contributed by atoms with E-state index in [2.05, 4.69) is 10.3 Å². The monoisotopic (exact) mass is 369 g/mol. The second-order valence-corrected chi connectivity index (χ2v) is 6.16. The van der Waals surface area contributed by atoms with Crippen molar-refractivity contribution in [3.63, 3.8) is 0 Å². The third kappa shape index (κ3) is 3.71. The highest BCUT2D eigenvalue weighted by Crippen LogP contribution is 2.04. The van der Waals surface area contributed by atoms with Crippen LogP contribution < -0.4 is 22.1 Å². The highest BCUT2D eigenvalue weighted by molar-refractivity contribution is 5.77. The van der Waals surface area contributed by atoms with Gasteiger partial charge in [0, 0.05) is 38.8 Å². The molecule has 0 spiro atoms. The van der Waals surface area contributed by atoms with E-state index in [1.807, 2.05) is 0 Å². The van der Waals surface area contributed by atoms with Crippen molar-refractivity contribution in [3.8, 4) is 0 Å². The highest BCUT2D eigenvalue weighted by Gasteiger charge is 2.09. The molecule has 0 atom stereocenters. The Morgan fingerprint density at radius 3 is 2.63 bits per heavy atom. The molecule has 2 aromatic heterocycles. The van der Waals surface area contributed by atoms with Crippen LogP contribution in [0.25, 0.3) is 10.9 Å². The largest absolute Gasteiger partial charge is 0.350 e. The molecule has 9 heteroatoms. The molecule has 0 fully saturated rings. The van der Waals surface area contributed by atoms with Crippen LogP contribution in [0, 0.1) is 0 Å². The van der Waals surface area contributed by atoms with Crippen LogP contribution in [0.5, 0.6) is 0 Å². The summed E-state index contributed by atoms with van der Waals surface area (Å²) in [5.74, 6) is -0.303. The van der Waals surface area contributed by atoms with Crippen molar-refractivity contribution in [3.05, 3.63) is 73.5 Å². The standard InChI is InChI=1S/C18H19N5O4/c1-21-12(9-16(25)22(2)18(21)27)10-19-15(24)7-8-23-11-20-14-6-4-3-5-13(14)17(23)26/h3-6,9,11H,7-8,10H2,1-2H3,(H,19,24). The first-order chi connectivity index (χ1) is 12.9.